The number of thioether (sulfide) groups is 1. The van der Waals surface area contributed by atoms with Gasteiger partial charge in [-0.25, -0.2) is 19.7 Å². The monoisotopic (exact) mass is 483 g/mol. The van der Waals surface area contributed by atoms with Gasteiger partial charge in [0, 0.05) is 44.4 Å². The van der Waals surface area contributed by atoms with Crippen LogP contribution in [0.25, 0.3) is 0 Å². The number of hydrogen-bond donors (Lipinski definition) is 0. The molecule has 34 heavy (non-hydrogen) atoms. The smallest absolute Gasteiger partial charge is 0.391 e. The summed E-state index contributed by atoms with van der Waals surface area (Å²) in [6.45, 7) is 1.28. The Morgan fingerprint density at radius 2 is 1.76 bits per heavy atom. The molecule has 3 fully saturated rings. The molecule has 2 unspecified atom stereocenters. The number of likely N-dealkylation sites (tertiary alicyclic amines) is 1. The number of aromatic nitrogens is 3. The van der Waals surface area contributed by atoms with Crippen LogP contribution in [-0.2, 0) is 16.6 Å². The maximum absolute atomic E-state index is 12.8. The van der Waals surface area contributed by atoms with E-state index in [2.05, 4.69) is 9.97 Å². The van der Waals surface area contributed by atoms with Crippen LogP contribution in [0.3, 0.4) is 0 Å². The van der Waals surface area contributed by atoms with Crippen LogP contribution in [0.4, 0.5) is 10.5 Å². The average molecular weight is 484 g/mol. The number of carbonyl (C=O) groups is 3. The number of nitrogens with zero attached hydrogens (tertiary/aromatic N) is 5. The van der Waals surface area contributed by atoms with Gasteiger partial charge in [0.2, 0.25) is 17.7 Å². The number of pyridine rings is 1. The molecule has 2 aromatic rings. The SMILES string of the molecule is Cn1ccnc1SCC1CCN(C(=O)Oc2ccc(N3C(=O)C4CCCCC4C3=O)cn2)CC1. The molecular formula is C24H29N5O4S. The first-order valence-corrected chi connectivity index (χ1v) is 12.9. The van der Waals surface area contributed by atoms with E-state index in [4.69, 9.17) is 4.74 Å². The molecule has 0 aromatic carbocycles. The highest BCUT2D eigenvalue weighted by Gasteiger charge is 2.48. The Morgan fingerprint density at radius 1 is 1.06 bits per heavy atom. The van der Waals surface area contributed by atoms with Crippen LogP contribution in [0.5, 0.6) is 5.88 Å². The Hall–Kier alpha value is -2.88. The van der Waals surface area contributed by atoms with Gasteiger partial charge in [-0.2, -0.15) is 0 Å². The van der Waals surface area contributed by atoms with Crippen LogP contribution >= 0.6 is 11.8 Å². The normalized spacial score (nSPS) is 23.3. The van der Waals surface area contributed by atoms with Crippen molar-refractivity contribution in [1.82, 2.24) is 19.4 Å². The quantitative estimate of drug-likeness (QED) is 0.474. The Morgan fingerprint density at radius 3 is 2.35 bits per heavy atom. The van der Waals surface area contributed by atoms with Gasteiger partial charge in [0.25, 0.3) is 0 Å². The molecule has 2 aliphatic heterocycles. The Bertz CT molecular complexity index is 1040. The minimum atomic E-state index is -0.421. The number of carbonyl (C=O) groups excluding carboxylic acids is 3. The van der Waals surface area contributed by atoms with Gasteiger partial charge in [0.05, 0.1) is 23.7 Å². The van der Waals surface area contributed by atoms with Gasteiger partial charge in [-0.05, 0) is 37.7 Å². The first-order valence-electron chi connectivity index (χ1n) is 11.9. The molecule has 2 aromatic heterocycles. The van der Waals surface area contributed by atoms with Crippen LogP contribution in [0, 0.1) is 17.8 Å². The fourth-order valence-corrected chi connectivity index (χ4v) is 6.22. The minimum absolute atomic E-state index is 0.134. The molecular weight excluding hydrogens is 454 g/mol. The van der Waals surface area contributed by atoms with E-state index in [0.717, 1.165) is 49.4 Å². The molecule has 0 spiro atoms. The van der Waals surface area contributed by atoms with Crippen molar-refractivity contribution in [2.24, 2.45) is 24.8 Å². The molecule has 5 rings (SSSR count). The summed E-state index contributed by atoms with van der Waals surface area (Å²) in [4.78, 5) is 49.6. The maximum atomic E-state index is 12.8. The van der Waals surface area contributed by atoms with E-state index in [-0.39, 0.29) is 29.5 Å². The van der Waals surface area contributed by atoms with Gasteiger partial charge in [0.1, 0.15) is 0 Å². The van der Waals surface area contributed by atoms with Crippen LogP contribution in [0.2, 0.25) is 0 Å². The molecule has 0 radical (unpaired) electrons. The summed E-state index contributed by atoms with van der Waals surface area (Å²) in [5.74, 6) is 0.995. The zero-order valence-corrected chi connectivity index (χ0v) is 20.1. The molecule has 9 nitrogen and oxygen atoms in total. The standard InChI is InChI=1S/C24H29N5O4S/c1-27-13-10-25-23(27)34-15-16-8-11-28(12-9-16)24(32)33-20-7-6-17(14-26-20)29-21(30)18-4-2-3-5-19(18)22(29)31/h6-7,10,13-14,16,18-19H,2-5,8-9,11-12,15H2,1H3. The highest BCUT2D eigenvalue weighted by Crippen LogP contribution is 2.40. The molecule has 0 bridgehead atoms. The molecule has 3 aliphatic rings. The molecule has 2 atom stereocenters. The van der Waals surface area contributed by atoms with E-state index < -0.39 is 6.09 Å². The highest BCUT2D eigenvalue weighted by molar-refractivity contribution is 7.99. The summed E-state index contributed by atoms with van der Waals surface area (Å²) in [6.07, 6.45) is 10.1. The number of imidazole rings is 1. The predicted molar refractivity (Wildman–Crippen MR) is 126 cm³/mol. The Kier molecular flexibility index (Phi) is 6.58. The number of fused-ring (bicyclic) bond motifs is 1. The van der Waals surface area contributed by atoms with Crippen molar-refractivity contribution in [3.8, 4) is 5.88 Å². The number of aryl methyl sites for hydroxylation is 1. The first-order chi connectivity index (χ1) is 16.5. The van der Waals surface area contributed by atoms with E-state index >= 15 is 0 Å². The van der Waals surface area contributed by atoms with Gasteiger partial charge in [0.15, 0.2) is 5.16 Å². The van der Waals surface area contributed by atoms with Crippen molar-refractivity contribution in [3.63, 3.8) is 0 Å². The second-order valence-corrected chi connectivity index (χ2v) is 10.3. The topological polar surface area (TPSA) is 97.6 Å². The molecule has 1 saturated carbocycles. The number of imide groups is 1. The number of anilines is 1. The van der Waals surface area contributed by atoms with Crippen LogP contribution in [-0.4, -0.2) is 56.2 Å². The number of ether oxygens (including phenoxy) is 1. The van der Waals surface area contributed by atoms with Gasteiger partial charge in [-0.15, -0.1) is 0 Å². The van der Waals surface area contributed by atoms with Crippen molar-refractivity contribution in [2.75, 3.05) is 23.7 Å². The second kappa shape index (κ2) is 9.77. The molecule has 0 N–H and O–H groups in total. The van der Waals surface area contributed by atoms with Crippen LogP contribution < -0.4 is 9.64 Å². The summed E-state index contributed by atoms with van der Waals surface area (Å²) in [7, 11) is 1.99. The van der Waals surface area contributed by atoms with E-state index in [9.17, 15) is 14.4 Å². The average Bonchev–Trinajstić information content (AvgIpc) is 3.39. The zero-order chi connectivity index (χ0) is 23.7. The van der Waals surface area contributed by atoms with Crippen molar-refractivity contribution in [2.45, 2.75) is 43.7 Å². The third kappa shape index (κ3) is 4.55. The van der Waals surface area contributed by atoms with E-state index in [1.807, 2.05) is 17.8 Å². The summed E-state index contributed by atoms with van der Waals surface area (Å²) < 4.78 is 7.47. The van der Waals surface area contributed by atoms with Crippen LogP contribution in [0.1, 0.15) is 38.5 Å². The zero-order valence-electron chi connectivity index (χ0n) is 19.3. The Labute approximate surface area is 202 Å². The van der Waals surface area contributed by atoms with Gasteiger partial charge in [-0.3, -0.25) is 9.59 Å². The van der Waals surface area contributed by atoms with Gasteiger partial charge < -0.3 is 14.2 Å². The lowest BCUT2D eigenvalue weighted by atomic mass is 9.81. The van der Waals surface area contributed by atoms with Gasteiger partial charge >= 0.3 is 6.09 Å². The summed E-state index contributed by atoms with van der Waals surface area (Å²) in [5.41, 5.74) is 0.440. The summed E-state index contributed by atoms with van der Waals surface area (Å²) in [6, 6.07) is 3.18. The first kappa shape index (κ1) is 22.9. The lowest BCUT2D eigenvalue weighted by molar-refractivity contribution is -0.122. The molecule has 4 heterocycles. The number of hydrogen-bond acceptors (Lipinski definition) is 7. The lowest BCUT2D eigenvalue weighted by Gasteiger charge is -2.30. The lowest BCUT2D eigenvalue weighted by Crippen LogP contribution is -2.40. The Balaban J connectivity index is 1.12. The molecule has 10 heteroatoms. The van der Waals surface area contributed by atoms with Crippen molar-refractivity contribution >= 4 is 35.4 Å². The summed E-state index contributed by atoms with van der Waals surface area (Å²) in [5, 5.41) is 1.01. The molecule has 3 amide bonds. The van der Waals surface area contributed by atoms with Crippen LogP contribution in [0.15, 0.2) is 35.9 Å². The third-order valence-corrected chi connectivity index (χ3v) is 8.40. The molecule has 180 valence electrons. The van der Waals surface area contributed by atoms with E-state index in [1.165, 1.54) is 11.1 Å². The number of rotatable bonds is 5. The molecule has 2 saturated heterocycles. The number of amides is 3. The van der Waals surface area contributed by atoms with Crippen molar-refractivity contribution < 1.29 is 19.1 Å². The van der Waals surface area contributed by atoms with Crippen molar-refractivity contribution in [1.29, 1.82) is 0 Å². The maximum Gasteiger partial charge on any atom is 0.416 e. The fourth-order valence-electron chi connectivity index (χ4n) is 5.10. The minimum Gasteiger partial charge on any atom is -0.391 e. The molecule has 1 aliphatic carbocycles. The van der Waals surface area contributed by atoms with Crippen molar-refractivity contribution in [3.05, 3.63) is 30.7 Å². The largest absolute Gasteiger partial charge is 0.416 e. The number of piperidine rings is 1. The second-order valence-electron chi connectivity index (χ2n) is 9.29. The van der Waals surface area contributed by atoms with E-state index in [1.54, 1.807) is 35.0 Å². The highest BCUT2D eigenvalue weighted by atomic mass is 32.2. The third-order valence-electron chi connectivity index (χ3n) is 7.11. The van der Waals surface area contributed by atoms with Gasteiger partial charge in [-0.1, -0.05) is 24.6 Å². The van der Waals surface area contributed by atoms with E-state index in [0.29, 0.717) is 24.7 Å². The summed E-state index contributed by atoms with van der Waals surface area (Å²) >= 11 is 1.75. The predicted octanol–water partition coefficient (Wildman–Crippen LogP) is 3.50. The fraction of sp³-hybridized carbons (Fsp3) is 0.542.